The highest BCUT2D eigenvalue weighted by atomic mass is 19.4. The summed E-state index contributed by atoms with van der Waals surface area (Å²) >= 11 is 0. The van der Waals surface area contributed by atoms with Gasteiger partial charge in [-0.05, 0) is 65.8 Å². The van der Waals surface area contributed by atoms with Crippen molar-refractivity contribution in [3.8, 4) is 11.1 Å². The van der Waals surface area contributed by atoms with Crippen LogP contribution in [0.3, 0.4) is 0 Å². The molecule has 0 unspecified atom stereocenters. The highest BCUT2D eigenvalue weighted by Crippen LogP contribution is 2.42. The molecule has 34 heavy (non-hydrogen) atoms. The fourth-order valence-corrected chi connectivity index (χ4v) is 4.54. The van der Waals surface area contributed by atoms with Crippen LogP contribution in [0.5, 0.6) is 0 Å². The molecule has 0 saturated heterocycles. The lowest BCUT2D eigenvalue weighted by Crippen LogP contribution is -2.09. The van der Waals surface area contributed by atoms with Crippen LogP contribution in [0.15, 0.2) is 91.0 Å². The lowest BCUT2D eigenvalue weighted by atomic mass is 9.95. The molecule has 1 aromatic heterocycles. The first-order chi connectivity index (χ1) is 16.5. The van der Waals surface area contributed by atoms with Gasteiger partial charge in [0.15, 0.2) is 0 Å². The van der Waals surface area contributed by atoms with Crippen LogP contribution in [0.25, 0.3) is 32.9 Å². The van der Waals surface area contributed by atoms with Crippen molar-refractivity contribution in [1.82, 2.24) is 4.98 Å². The molecule has 0 radical (unpaired) electrons. The van der Waals surface area contributed by atoms with Crippen LogP contribution in [0.1, 0.15) is 29.9 Å². The number of aromatic nitrogens is 1. The molecule has 1 N–H and O–H groups in total. The number of benzene rings is 4. The molecule has 0 spiro atoms. The van der Waals surface area contributed by atoms with Crippen LogP contribution < -0.4 is 5.32 Å². The fraction of sp³-hybridized carbons (Fsp3) is 0.138. The smallest absolute Gasteiger partial charge is 0.355 e. The van der Waals surface area contributed by atoms with E-state index in [1.165, 1.54) is 24.5 Å². The number of halogens is 3. The molecule has 6 rings (SSSR count). The summed E-state index contributed by atoms with van der Waals surface area (Å²) in [5.74, 6) is 0.691. The molecule has 0 atom stereocenters. The Morgan fingerprint density at radius 2 is 1.44 bits per heavy atom. The second kappa shape index (κ2) is 7.87. The number of pyridine rings is 1. The zero-order valence-corrected chi connectivity index (χ0v) is 18.2. The van der Waals surface area contributed by atoms with Crippen LogP contribution in [0, 0.1) is 0 Å². The standard InChI is InChI=1S/C29H21F3N2/c30-29(31,32)27-25(20-4-2-1-3-5-20)15-11-22-16-21-10-14-24(17-26(21)34-28(22)27)33-23-12-8-19(9-13-23)18-6-7-18/h1-5,8-18,33H,6-7H2. The van der Waals surface area contributed by atoms with E-state index in [2.05, 4.69) is 22.4 Å². The summed E-state index contributed by atoms with van der Waals surface area (Å²) < 4.78 is 42.8. The molecule has 168 valence electrons. The molecule has 0 amide bonds. The van der Waals surface area contributed by atoms with E-state index in [1.54, 1.807) is 48.5 Å². The van der Waals surface area contributed by atoms with Gasteiger partial charge < -0.3 is 5.32 Å². The van der Waals surface area contributed by atoms with Crippen LogP contribution in [0.4, 0.5) is 24.5 Å². The van der Waals surface area contributed by atoms with Crippen LogP contribution >= 0.6 is 0 Å². The molecule has 5 aromatic rings. The minimum Gasteiger partial charge on any atom is -0.355 e. The van der Waals surface area contributed by atoms with Gasteiger partial charge in [-0.2, -0.15) is 13.2 Å². The summed E-state index contributed by atoms with van der Waals surface area (Å²) in [7, 11) is 0. The van der Waals surface area contributed by atoms with E-state index in [0.717, 1.165) is 16.8 Å². The molecule has 1 saturated carbocycles. The first-order valence-corrected chi connectivity index (χ1v) is 11.3. The Labute approximate surface area is 195 Å². The monoisotopic (exact) mass is 454 g/mol. The maximum Gasteiger partial charge on any atom is 0.419 e. The number of rotatable bonds is 4. The Morgan fingerprint density at radius 1 is 0.735 bits per heavy atom. The van der Waals surface area contributed by atoms with E-state index in [0.29, 0.717) is 22.4 Å². The minimum absolute atomic E-state index is 0.0349. The molecule has 1 heterocycles. The Kier molecular flexibility index (Phi) is 4.80. The van der Waals surface area contributed by atoms with Crippen molar-refractivity contribution in [3.63, 3.8) is 0 Å². The zero-order chi connectivity index (χ0) is 23.3. The summed E-state index contributed by atoms with van der Waals surface area (Å²) in [4.78, 5) is 4.52. The van der Waals surface area contributed by atoms with E-state index in [1.807, 2.05) is 24.3 Å². The van der Waals surface area contributed by atoms with Gasteiger partial charge in [0.05, 0.1) is 16.6 Å². The van der Waals surface area contributed by atoms with Gasteiger partial charge in [-0.3, -0.25) is 0 Å². The number of hydrogen-bond acceptors (Lipinski definition) is 2. The van der Waals surface area contributed by atoms with Crippen molar-refractivity contribution in [1.29, 1.82) is 0 Å². The van der Waals surface area contributed by atoms with Gasteiger partial charge in [0.1, 0.15) is 0 Å². The lowest BCUT2D eigenvalue weighted by molar-refractivity contribution is -0.135. The Morgan fingerprint density at radius 3 is 2.15 bits per heavy atom. The lowest BCUT2D eigenvalue weighted by Gasteiger charge is -2.16. The SMILES string of the molecule is FC(F)(F)c1c(-c2ccccc2)ccc2cc3ccc(Nc4ccc(C5CC5)cc4)cc3nc12. The maximum absolute atomic E-state index is 14.3. The largest absolute Gasteiger partial charge is 0.419 e. The first kappa shape index (κ1) is 20.7. The molecule has 1 fully saturated rings. The highest BCUT2D eigenvalue weighted by Gasteiger charge is 2.36. The predicted molar refractivity (Wildman–Crippen MR) is 131 cm³/mol. The third kappa shape index (κ3) is 3.87. The molecule has 1 aliphatic carbocycles. The fourth-order valence-electron chi connectivity index (χ4n) is 4.54. The first-order valence-electron chi connectivity index (χ1n) is 11.3. The Balaban J connectivity index is 1.45. The van der Waals surface area contributed by atoms with E-state index in [4.69, 9.17) is 0 Å². The van der Waals surface area contributed by atoms with Crippen LogP contribution in [-0.2, 0) is 6.18 Å². The van der Waals surface area contributed by atoms with Gasteiger partial charge in [0.25, 0.3) is 0 Å². The minimum atomic E-state index is -4.54. The van der Waals surface area contributed by atoms with Crippen LogP contribution in [-0.4, -0.2) is 4.98 Å². The molecule has 0 bridgehead atoms. The topological polar surface area (TPSA) is 24.9 Å². The molecule has 2 nitrogen and oxygen atoms in total. The second-order valence-electron chi connectivity index (χ2n) is 8.84. The van der Waals surface area contributed by atoms with E-state index >= 15 is 0 Å². The van der Waals surface area contributed by atoms with Crippen molar-refractivity contribution < 1.29 is 13.2 Å². The highest BCUT2D eigenvalue weighted by molar-refractivity contribution is 5.98. The second-order valence-corrected chi connectivity index (χ2v) is 8.84. The number of hydrogen-bond donors (Lipinski definition) is 1. The molecule has 0 aliphatic heterocycles. The van der Waals surface area contributed by atoms with Crippen molar-refractivity contribution in [2.45, 2.75) is 24.9 Å². The van der Waals surface area contributed by atoms with Gasteiger partial charge in [-0.1, -0.05) is 60.7 Å². The van der Waals surface area contributed by atoms with Crippen LogP contribution in [0.2, 0.25) is 0 Å². The third-order valence-electron chi connectivity index (χ3n) is 6.40. The summed E-state index contributed by atoms with van der Waals surface area (Å²) in [6, 6.07) is 27.6. The van der Waals surface area contributed by atoms with Gasteiger partial charge in [-0.15, -0.1) is 0 Å². The number of nitrogens with one attached hydrogen (secondary N) is 1. The van der Waals surface area contributed by atoms with Crippen molar-refractivity contribution >= 4 is 33.2 Å². The van der Waals surface area contributed by atoms with Gasteiger partial charge >= 0.3 is 6.18 Å². The quantitative estimate of drug-likeness (QED) is 0.275. The zero-order valence-electron chi connectivity index (χ0n) is 18.2. The third-order valence-corrected chi connectivity index (χ3v) is 6.40. The van der Waals surface area contributed by atoms with E-state index in [-0.39, 0.29) is 11.1 Å². The van der Waals surface area contributed by atoms with Crippen molar-refractivity contribution in [2.24, 2.45) is 0 Å². The molecule has 1 aliphatic rings. The maximum atomic E-state index is 14.3. The molecular formula is C29H21F3N2. The van der Waals surface area contributed by atoms with Gasteiger partial charge in [0.2, 0.25) is 0 Å². The predicted octanol–water partition coefficient (Wildman–Crippen LogP) is 8.69. The molecule has 4 aromatic carbocycles. The van der Waals surface area contributed by atoms with Gasteiger partial charge in [0, 0.05) is 22.1 Å². The number of nitrogens with zero attached hydrogens (tertiary/aromatic N) is 1. The summed E-state index contributed by atoms with van der Waals surface area (Å²) in [6.07, 6.45) is -2.03. The summed E-state index contributed by atoms with van der Waals surface area (Å²) in [6.45, 7) is 0. The van der Waals surface area contributed by atoms with E-state index in [9.17, 15) is 13.2 Å². The average Bonchev–Trinajstić information content (AvgIpc) is 3.68. The van der Waals surface area contributed by atoms with E-state index < -0.39 is 11.7 Å². The summed E-state index contributed by atoms with van der Waals surface area (Å²) in [5, 5.41) is 4.61. The molecular weight excluding hydrogens is 433 g/mol. The Hall–Kier alpha value is -3.86. The van der Waals surface area contributed by atoms with Crippen molar-refractivity contribution in [2.75, 3.05) is 5.32 Å². The Bertz CT molecular complexity index is 1500. The number of fused-ring (bicyclic) bond motifs is 2. The van der Waals surface area contributed by atoms with Gasteiger partial charge in [-0.25, -0.2) is 4.98 Å². The van der Waals surface area contributed by atoms with Crippen molar-refractivity contribution in [3.05, 3.63) is 102 Å². The molecule has 5 heteroatoms. The summed E-state index contributed by atoms with van der Waals surface area (Å²) in [5.41, 5.74) is 3.51. The number of alkyl halides is 3. The average molecular weight is 454 g/mol. The normalized spacial score (nSPS) is 14.0. The number of anilines is 2.